The summed E-state index contributed by atoms with van der Waals surface area (Å²) in [7, 11) is 1.76. The molecule has 1 fully saturated rings. The van der Waals surface area contributed by atoms with E-state index < -0.39 is 0 Å². The van der Waals surface area contributed by atoms with E-state index in [-0.39, 0.29) is 24.1 Å². The summed E-state index contributed by atoms with van der Waals surface area (Å²) in [6.45, 7) is 1.84. The Kier molecular flexibility index (Phi) is 6.54. The summed E-state index contributed by atoms with van der Waals surface area (Å²) in [6, 6.07) is 17.7. The summed E-state index contributed by atoms with van der Waals surface area (Å²) in [5.74, 6) is 0.560. The maximum absolute atomic E-state index is 12.6. The van der Waals surface area contributed by atoms with Gasteiger partial charge >= 0.3 is 6.09 Å². The molecule has 1 aromatic heterocycles. The van der Waals surface area contributed by atoms with Gasteiger partial charge in [-0.3, -0.25) is 4.79 Å². The normalized spacial score (nSPS) is 17.7. The minimum Gasteiger partial charge on any atom is -0.410 e. The van der Waals surface area contributed by atoms with Crippen LogP contribution in [0.1, 0.15) is 32.6 Å². The van der Waals surface area contributed by atoms with Crippen LogP contribution in [0.4, 0.5) is 4.79 Å². The molecule has 0 aliphatic heterocycles. The van der Waals surface area contributed by atoms with E-state index in [9.17, 15) is 9.59 Å². The Bertz CT molecular complexity index is 1050. The predicted octanol–water partition coefficient (Wildman–Crippen LogP) is 4.42. The molecule has 0 saturated heterocycles. The second-order valence-corrected chi connectivity index (χ2v) is 8.09. The Labute approximate surface area is 188 Å². The van der Waals surface area contributed by atoms with Gasteiger partial charge in [0.05, 0.1) is 5.69 Å². The van der Waals surface area contributed by atoms with Crippen LogP contribution >= 0.6 is 0 Å². The van der Waals surface area contributed by atoms with Crippen molar-refractivity contribution < 1.29 is 14.3 Å². The molecule has 0 unspecified atom stereocenters. The molecule has 0 spiro atoms. The fraction of sp³-hybridized carbons (Fsp3) is 0.320. The first-order chi connectivity index (χ1) is 15.5. The van der Waals surface area contributed by atoms with Gasteiger partial charge in [0.2, 0.25) is 5.91 Å². The van der Waals surface area contributed by atoms with Gasteiger partial charge in [-0.25, -0.2) is 9.48 Å². The van der Waals surface area contributed by atoms with Crippen molar-refractivity contribution in [3.8, 4) is 22.6 Å². The minimum atomic E-state index is -0.381. The van der Waals surface area contributed by atoms with Gasteiger partial charge in [0.15, 0.2) is 0 Å². The number of carbonyl (C=O) groups is 2. The summed E-state index contributed by atoms with van der Waals surface area (Å²) in [6.07, 6.45) is 6.24. The Hall–Kier alpha value is -3.61. The molecule has 2 atom stereocenters. The smallest absolute Gasteiger partial charge is 0.410 e. The highest BCUT2D eigenvalue weighted by Gasteiger charge is 2.31. The third-order valence-electron chi connectivity index (χ3n) is 5.96. The second-order valence-electron chi connectivity index (χ2n) is 8.09. The Morgan fingerprint density at radius 3 is 2.41 bits per heavy atom. The number of aromatic nitrogens is 2. The maximum Gasteiger partial charge on any atom is 0.415 e. The van der Waals surface area contributed by atoms with Crippen LogP contribution < -0.4 is 10.1 Å². The van der Waals surface area contributed by atoms with E-state index in [1.165, 1.54) is 0 Å². The highest BCUT2D eigenvalue weighted by atomic mass is 16.6. The van der Waals surface area contributed by atoms with Gasteiger partial charge in [-0.2, -0.15) is 5.10 Å². The topological polar surface area (TPSA) is 76.5 Å². The van der Waals surface area contributed by atoms with Gasteiger partial charge in [-0.05, 0) is 60.7 Å². The molecule has 1 heterocycles. The third kappa shape index (κ3) is 4.99. The maximum atomic E-state index is 12.6. The van der Waals surface area contributed by atoms with Crippen molar-refractivity contribution in [2.45, 2.75) is 44.7 Å². The average molecular weight is 433 g/mol. The first kappa shape index (κ1) is 21.6. The summed E-state index contributed by atoms with van der Waals surface area (Å²) in [4.78, 5) is 25.8. The summed E-state index contributed by atoms with van der Waals surface area (Å²) in [5.41, 5.74) is 3.10. The van der Waals surface area contributed by atoms with Crippen molar-refractivity contribution in [1.82, 2.24) is 20.0 Å². The van der Waals surface area contributed by atoms with E-state index in [0.717, 1.165) is 36.1 Å². The van der Waals surface area contributed by atoms with E-state index in [1.54, 1.807) is 30.3 Å². The standard InChI is InChI=1S/C25H28N4O3/c1-3-24(30)27-20-9-12-22(17-20)28(2)25(31)32-23-13-7-19(8-14-23)18-5-10-21(11-6-18)29-16-4-15-26-29/h4-8,10-11,13-16,20,22H,3,9,12,17H2,1-2H3,(H,27,30)/t20-,22+/m0/s1. The lowest BCUT2D eigenvalue weighted by Crippen LogP contribution is -2.39. The van der Waals surface area contributed by atoms with Crippen molar-refractivity contribution in [3.63, 3.8) is 0 Å². The van der Waals surface area contributed by atoms with E-state index in [1.807, 2.05) is 60.3 Å². The molecule has 1 aliphatic carbocycles. The zero-order valence-corrected chi connectivity index (χ0v) is 18.4. The molecule has 7 heteroatoms. The largest absolute Gasteiger partial charge is 0.415 e. The van der Waals surface area contributed by atoms with Gasteiger partial charge in [-0.1, -0.05) is 31.2 Å². The van der Waals surface area contributed by atoms with Crippen molar-refractivity contribution >= 4 is 12.0 Å². The number of nitrogens with one attached hydrogen (secondary N) is 1. The lowest BCUT2D eigenvalue weighted by Gasteiger charge is -2.24. The molecule has 4 rings (SSSR count). The first-order valence-corrected chi connectivity index (χ1v) is 11.0. The van der Waals surface area contributed by atoms with Gasteiger partial charge in [-0.15, -0.1) is 0 Å². The number of carbonyl (C=O) groups excluding carboxylic acids is 2. The Morgan fingerprint density at radius 1 is 1.09 bits per heavy atom. The fourth-order valence-electron chi connectivity index (χ4n) is 4.04. The Balaban J connectivity index is 1.33. The van der Waals surface area contributed by atoms with Crippen molar-refractivity contribution in [1.29, 1.82) is 0 Å². The number of hydrogen-bond acceptors (Lipinski definition) is 4. The van der Waals surface area contributed by atoms with Crippen molar-refractivity contribution in [2.75, 3.05) is 7.05 Å². The third-order valence-corrected chi connectivity index (χ3v) is 5.96. The number of rotatable bonds is 6. The highest BCUT2D eigenvalue weighted by Crippen LogP contribution is 2.26. The molecule has 0 bridgehead atoms. The van der Waals surface area contributed by atoms with E-state index >= 15 is 0 Å². The molecular formula is C25H28N4O3. The van der Waals surface area contributed by atoms with Gasteiger partial charge in [0.25, 0.3) is 0 Å². The first-order valence-electron chi connectivity index (χ1n) is 11.0. The number of ether oxygens (including phenoxy) is 1. The molecule has 32 heavy (non-hydrogen) atoms. The number of benzene rings is 2. The molecule has 2 aromatic carbocycles. The SMILES string of the molecule is CCC(=O)N[C@H]1CC[C@@H](N(C)C(=O)Oc2ccc(-c3ccc(-n4cccn4)cc3)cc2)C1. The van der Waals surface area contributed by atoms with Gasteiger partial charge < -0.3 is 15.0 Å². The summed E-state index contributed by atoms with van der Waals surface area (Å²) < 4.78 is 7.39. The van der Waals surface area contributed by atoms with Gasteiger partial charge in [0, 0.05) is 37.9 Å². The van der Waals surface area contributed by atoms with E-state index in [0.29, 0.717) is 12.2 Å². The van der Waals surface area contributed by atoms with E-state index in [2.05, 4.69) is 10.4 Å². The van der Waals surface area contributed by atoms with Gasteiger partial charge in [0.1, 0.15) is 5.75 Å². The van der Waals surface area contributed by atoms with Crippen LogP contribution in [0.2, 0.25) is 0 Å². The molecule has 166 valence electrons. The lowest BCUT2D eigenvalue weighted by molar-refractivity contribution is -0.121. The van der Waals surface area contributed by atoms with Crippen LogP contribution in [0.15, 0.2) is 67.0 Å². The molecule has 3 aromatic rings. The van der Waals surface area contributed by atoms with Crippen LogP contribution in [-0.2, 0) is 4.79 Å². The highest BCUT2D eigenvalue weighted by molar-refractivity contribution is 5.76. The molecule has 1 saturated carbocycles. The fourth-order valence-corrected chi connectivity index (χ4v) is 4.04. The van der Waals surface area contributed by atoms with E-state index in [4.69, 9.17) is 4.74 Å². The second kappa shape index (κ2) is 9.68. The number of hydrogen-bond donors (Lipinski definition) is 1. The molecule has 2 amide bonds. The molecule has 7 nitrogen and oxygen atoms in total. The zero-order chi connectivity index (χ0) is 22.5. The van der Waals surface area contributed by atoms with Crippen LogP contribution in [0, 0.1) is 0 Å². The number of amides is 2. The Morgan fingerprint density at radius 2 is 1.78 bits per heavy atom. The predicted molar refractivity (Wildman–Crippen MR) is 123 cm³/mol. The quantitative estimate of drug-likeness (QED) is 0.626. The molecule has 1 N–H and O–H groups in total. The zero-order valence-electron chi connectivity index (χ0n) is 18.4. The van der Waals surface area contributed by atoms with Crippen LogP contribution in [-0.4, -0.2) is 45.8 Å². The summed E-state index contributed by atoms with van der Waals surface area (Å²) in [5, 5.41) is 7.25. The molecule has 0 radical (unpaired) electrons. The van der Waals surface area contributed by atoms with Crippen molar-refractivity contribution in [3.05, 3.63) is 67.0 Å². The number of nitrogens with zero attached hydrogens (tertiary/aromatic N) is 3. The summed E-state index contributed by atoms with van der Waals surface area (Å²) >= 11 is 0. The minimum absolute atomic E-state index is 0.0528. The van der Waals surface area contributed by atoms with Crippen LogP contribution in [0.25, 0.3) is 16.8 Å². The molecule has 1 aliphatic rings. The average Bonchev–Trinajstić information content (AvgIpc) is 3.52. The van der Waals surface area contributed by atoms with Crippen molar-refractivity contribution in [2.24, 2.45) is 0 Å². The molecular weight excluding hydrogens is 404 g/mol. The van der Waals surface area contributed by atoms with Crippen LogP contribution in [0.3, 0.4) is 0 Å². The monoisotopic (exact) mass is 432 g/mol. The van der Waals surface area contributed by atoms with Crippen LogP contribution in [0.5, 0.6) is 5.75 Å². The lowest BCUT2D eigenvalue weighted by atomic mass is 10.1.